The summed E-state index contributed by atoms with van der Waals surface area (Å²) in [7, 11) is 0. The van der Waals surface area contributed by atoms with E-state index in [9.17, 15) is 30.0 Å². The third-order valence-electron chi connectivity index (χ3n) is 3.44. The van der Waals surface area contributed by atoms with Gasteiger partial charge in [0.25, 0.3) is 0 Å². The van der Waals surface area contributed by atoms with Crippen LogP contribution in [0.25, 0.3) is 0 Å². The number of hydrogen-bond acceptors (Lipinski definition) is 9. The van der Waals surface area contributed by atoms with Crippen molar-refractivity contribution in [2.75, 3.05) is 6.61 Å². The maximum absolute atomic E-state index is 11.3. The van der Waals surface area contributed by atoms with Crippen LogP contribution in [0.3, 0.4) is 0 Å². The summed E-state index contributed by atoms with van der Waals surface area (Å²) in [5.41, 5.74) is 7.41. The van der Waals surface area contributed by atoms with Gasteiger partial charge in [-0.25, -0.2) is 4.79 Å². The Kier molecular flexibility index (Phi) is 4.90. The van der Waals surface area contributed by atoms with Crippen molar-refractivity contribution in [3.05, 3.63) is 0 Å². The Labute approximate surface area is 118 Å². The van der Waals surface area contributed by atoms with Crippen molar-refractivity contribution >= 4 is 11.9 Å². The van der Waals surface area contributed by atoms with Crippen LogP contribution in [0.4, 0.5) is 0 Å². The van der Waals surface area contributed by atoms with Crippen LogP contribution < -0.4 is 11.5 Å². The molecule has 0 aromatic heterocycles. The predicted molar refractivity (Wildman–Crippen MR) is 63.3 cm³/mol. The number of amides is 1. The van der Waals surface area contributed by atoms with Crippen LogP contribution in [-0.4, -0.2) is 84.9 Å². The zero-order chi connectivity index (χ0) is 16.6. The normalized spacial score (nSPS) is 39.5. The molecule has 1 saturated heterocycles. The molecule has 0 radical (unpaired) electrons. The summed E-state index contributed by atoms with van der Waals surface area (Å²) < 4.78 is 4.78. The van der Waals surface area contributed by atoms with E-state index in [1.165, 1.54) is 0 Å². The predicted octanol–water partition coefficient (Wildman–Crippen LogP) is -5.19. The van der Waals surface area contributed by atoms with Gasteiger partial charge < -0.3 is 46.8 Å². The highest BCUT2D eigenvalue weighted by Gasteiger charge is 2.66. The quantitative estimate of drug-likeness (QED) is 0.241. The lowest BCUT2D eigenvalue weighted by atomic mass is 9.77. The number of rotatable bonds is 5. The summed E-state index contributed by atoms with van der Waals surface area (Å²) in [5, 5.41) is 57.5. The Morgan fingerprint density at radius 3 is 2.14 bits per heavy atom. The molecule has 6 unspecified atom stereocenters. The number of carboxylic acids is 1. The van der Waals surface area contributed by atoms with Gasteiger partial charge in [-0.15, -0.1) is 0 Å². The number of aliphatic hydroxyl groups excluding tert-OH is 4. The molecule has 0 aromatic carbocycles. The van der Waals surface area contributed by atoms with Crippen LogP contribution >= 0.6 is 0 Å². The molecule has 11 heteroatoms. The van der Waals surface area contributed by atoms with E-state index in [4.69, 9.17) is 26.4 Å². The van der Waals surface area contributed by atoms with Crippen molar-refractivity contribution in [3.63, 3.8) is 0 Å². The smallest absolute Gasteiger partial charge is 0.329 e. The van der Waals surface area contributed by atoms with E-state index in [0.29, 0.717) is 0 Å². The molecule has 0 saturated carbocycles. The van der Waals surface area contributed by atoms with Crippen LogP contribution in [0.2, 0.25) is 0 Å². The number of aliphatic hydroxyl groups is 5. The molecule has 1 amide bonds. The number of carbonyl (C=O) groups is 2. The molecule has 1 aliphatic rings. The summed E-state index contributed by atoms with van der Waals surface area (Å²) in [6.07, 6.45) is -9.01. The van der Waals surface area contributed by atoms with Crippen LogP contribution in [0.5, 0.6) is 0 Å². The fourth-order valence-corrected chi connectivity index (χ4v) is 2.15. The van der Waals surface area contributed by atoms with Crippen molar-refractivity contribution in [2.24, 2.45) is 11.5 Å². The van der Waals surface area contributed by atoms with Gasteiger partial charge in [0.05, 0.1) is 13.0 Å². The van der Waals surface area contributed by atoms with Crippen LogP contribution in [0.1, 0.15) is 6.42 Å². The third kappa shape index (κ3) is 2.72. The van der Waals surface area contributed by atoms with E-state index in [0.717, 1.165) is 0 Å². The topological polar surface area (TPSA) is 217 Å². The molecule has 0 spiro atoms. The van der Waals surface area contributed by atoms with E-state index < -0.39 is 60.6 Å². The van der Waals surface area contributed by atoms with Crippen molar-refractivity contribution in [2.45, 2.75) is 42.2 Å². The molecule has 1 fully saturated rings. The average molecular weight is 310 g/mol. The number of carboxylic acid groups (broad SMARTS) is 1. The molecule has 21 heavy (non-hydrogen) atoms. The van der Waals surface area contributed by atoms with Gasteiger partial charge in [0.15, 0.2) is 5.54 Å². The summed E-state index contributed by atoms with van der Waals surface area (Å²) in [6.45, 7) is -0.917. The first-order chi connectivity index (χ1) is 9.51. The fourth-order valence-electron chi connectivity index (χ4n) is 2.15. The summed E-state index contributed by atoms with van der Waals surface area (Å²) in [5.74, 6) is -6.33. The van der Waals surface area contributed by atoms with Gasteiger partial charge >= 0.3 is 5.97 Å². The van der Waals surface area contributed by atoms with E-state index in [-0.39, 0.29) is 0 Å². The number of nitrogens with two attached hydrogens (primary N) is 2. The van der Waals surface area contributed by atoms with E-state index >= 15 is 0 Å². The zero-order valence-electron chi connectivity index (χ0n) is 10.8. The van der Waals surface area contributed by atoms with Crippen molar-refractivity contribution < 1.29 is 45.0 Å². The third-order valence-corrected chi connectivity index (χ3v) is 3.44. The highest BCUT2D eigenvalue weighted by atomic mass is 16.7. The van der Waals surface area contributed by atoms with Gasteiger partial charge in [0.2, 0.25) is 11.7 Å². The maximum atomic E-state index is 11.3. The first kappa shape index (κ1) is 17.7. The van der Waals surface area contributed by atoms with Crippen molar-refractivity contribution in [1.29, 1.82) is 0 Å². The van der Waals surface area contributed by atoms with Gasteiger partial charge in [-0.3, -0.25) is 4.79 Å². The minimum absolute atomic E-state index is 0.917. The number of carbonyl (C=O) groups excluding carboxylic acids is 1. The van der Waals surface area contributed by atoms with E-state index in [1.807, 2.05) is 0 Å². The summed E-state index contributed by atoms with van der Waals surface area (Å²) >= 11 is 0. The largest absolute Gasteiger partial charge is 0.480 e. The molecule has 1 rings (SSSR count). The maximum Gasteiger partial charge on any atom is 0.329 e. The second-order valence-corrected chi connectivity index (χ2v) is 4.88. The number of ether oxygens (including phenoxy) is 1. The van der Waals surface area contributed by atoms with Crippen LogP contribution in [0, 0.1) is 0 Å². The molecule has 1 aliphatic heterocycles. The Balaban J connectivity index is 3.32. The zero-order valence-corrected chi connectivity index (χ0v) is 10.8. The standard InChI is InChI=1S/C10H18N2O9/c11-4(14)1-9(12,8(18)19)10(20)7(17)6(16)5(15)3(2-13)21-10/h3,5-7,13,15-17,20H,1-2,12H2,(H2,11,14)(H,18,19). The minimum Gasteiger partial charge on any atom is -0.480 e. The van der Waals surface area contributed by atoms with Crippen molar-refractivity contribution in [1.82, 2.24) is 0 Å². The SMILES string of the molecule is NC(=O)CC(N)(C(=O)O)C1(O)OC(CO)C(O)C(O)C1O. The molecule has 10 N–H and O–H groups in total. The summed E-state index contributed by atoms with van der Waals surface area (Å²) in [4.78, 5) is 22.3. The van der Waals surface area contributed by atoms with E-state index in [2.05, 4.69) is 0 Å². The van der Waals surface area contributed by atoms with E-state index in [1.54, 1.807) is 0 Å². The molecule has 0 bridgehead atoms. The Morgan fingerprint density at radius 2 is 1.76 bits per heavy atom. The highest BCUT2D eigenvalue weighted by molar-refractivity contribution is 5.88. The number of primary amides is 1. The van der Waals surface area contributed by atoms with Gasteiger partial charge in [-0.05, 0) is 0 Å². The Bertz CT molecular complexity index is 431. The van der Waals surface area contributed by atoms with Gasteiger partial charge in [0.1, 0.15) is 24.4 Å². The van der Waals surface area contributed by atoms with Gasteiger partial charge in [-0.1, -0.05) is 0 Å². The Hall–Kier alpha value is -1.34. The molecule has 0 aromatic rings. The Morgan fingerprint density at radius 1 is 1.24 bits per heavy atom. The van der Waals surface area contributed by atoms with Gasteiger partial charge in [-0.2, -0.15) is 0 Å². The van der Waals surface area contributed by atoms with Crippen molar-refractivity contribution in [3.8, 4) is 0 Å². The second kappa shape index (κ2) is 5.81. The average Bonchev–Trinajstić information content (AvgIpc) is 2.39. The highest BCUT2D eigenvalue weighted by Crippen LogP contribution is 2.37. The number of aliphatic carboxylic acids is 1. The van der Waals surface area contributed by atoms with Gasteiger partial charge in [0, 0.05) is 0 Å². The lowest BCUT2D eigenvalue weighted by Crippen LogP contribution is -2.78. The van der Waals surface area contributed by atoms with Crippen LogP contribution in [0.15, 0.2) is 0 Å². The fraction of sp³-hybridized carbons (Fsp3) is 0.800. The monoisotopic (exact) mass is 310 g/mol. The molecular formula is C10H18N2O9. The molecule has 6 atom stereocenters. The first-order valence-corrected chi connectivity index (χ1v) is 5.87. The molecule has 11 nitrogen and oxygen atoms in total. The molecule has 122 valence electrons. The number of hydrogen-bond donors (Lipinski definition) is 8. The molecular weight excluding hydrogens is 292 g/mol. The van der Waals surface area contributed by atoms with Crippen LogP contribution in [-0.2, 0) is 14.3 Å². The second-order valence-electron chi connectivity index (χ2n) is 4.88. The summed E-state index contributed by atoms with van der Waals surface area (Å²) in [6, 6.07) is 0. The lowest BCUT2D eigenvalue weighted by molar-refractivity contribution is -0.368. The molecule has 1 heterocycles. The lowest BCUT2D eigenvalue weighted by Gasteiger charge is -2.51. The molecule has 0 aliphatic carbocycles. The minimum atomic E-state index is -3.17. The first-order valence-electron chi connectivity index (χ1n) is 5.87.